The Hall–Kier alpha value is -0.413. The van der Waals surface area contributed by atoms with Gasteiger partial charge in [-0.15, -0.1) is 0 Å². The molecule has 0 bridgehead atoms. The van der Waals surface area contributed by atoms with Gasteiger partial charge in [-0.2, -0.15) is 0 Å². The maximum absolute atomic E-state index is 11.4. The first-order valence-electron chi connectivity index (χ1n) is 7.26. The highest BCUT2D eigenvalue weighted by Gasteiger charge is 2.45. The minimum absolute atomic E-state index is 0.164. The van der Waals surface area contributed by atoms with E-state index in [1.165, 1.54) is 5.57 Å². The fourth-order valence-corrected chi connectivity index (χ4v) is 4.03. The van der Waals surface area contributed by atoms with Crippen LogP contribution in [0, 0.1) is 5.41 Å². The predicted octanol–water partition coefficient (Wildman–Crippen LogP) is 4.71. The van der Waals surface area contributed by atoms with E-state index in [1.807, 2.05) is 0 Å². The van der Waals surface area contributed by atoms with Gasteiger partial charge < -0.3 is 4.43 Å². The third-order valence-corrected chi connectivity index (χ3v) is 9.59. The van der Waals surface area contributed by atoms with Gasteiger partial charge in [0.15, 0.2) is 8.32 Å². The quantitative estimate of drug-likeness (QED) is 0.553. The molecule has 0 fully saturated rings. The van der Waals surface area contributed by atoms with Crippen LogP contribution in [-0.4, -0.2) is 20.7 Å². The second kappa shape index (κ2) is 5.17. The predicted molar refractivity (Wildman–Crippen MR) is 83.8 cm³/mol. The molecule has 0 amide bonds. The smallest absolute Gasteiger partial charge is 0.192 e. The second-order valence-corrected chi connectivity index (χ2v) is 12.7. The largest absolute Gasteiger partial charge is 0.413 e. The molecule has 0 N–H and O–H groups in total. The molecular formula is C16H30O2Si. The van der Waals surface area contributed by atoms with Crippen molar-refractivity contribution in [2.24, 2.45) is 5.41 Å². The average Bonchev–Trinajstić information content (AvgIpc) is 2.21. The van der Waals surface area contributed by atoms with Gasteiger partial charge in [0, 0.05) is 5.41 Å². The van der Waals surface area contributed by atoms with E-state index in [9.17, 15) is 4.79 Å². The monoisotopic (exact) mass is 282 g/mol. The molecule has 0 spiro atoms. The Morgan fingerprint density at radius 1 is 1.32 bits per heavy atom. The minimum Gasteiger partial charge on any atom is -0.413 e. The zero-order chi connectivity index (χ0) is 15.1. The number of allylic oxidation sites excluding steroid dienone is 1. The molecule has 19 heavy (non-hydrogen) atoms. The van der Waals surface area contributed by atoms with Crippen LogP contribution in [0.3, 0.4) is 0 Å². The summed E-state index contributed by atoms with van der Waals surface area (Å²) in [4.78, 5) is 11.4. The van der Waals surface area contributed by atoms with Crippen LogP contribution < -0.4 is 0 Å². The molecule has 1 aliphatic carbocycles. The fraction of sp³-hybridized carbons (Fsp3) is 0.812. The normalized spacial score (nSPS) is 24.5. The van der Waals surface area contributed by atoms with Crippen molar-refractivity contribution >= 4 is 14.6 Å². The summed E-state index contributed by atoms with van der Waals surface area (Å²) in [7, 11) is -1.78. The summed E-state index contributed by atoms with van der Waals surface area (Å²) >= 11 is 0. The minimum atomic E-state index is -1.78. The van der Waals surface area contributed by atoms with E-state index < -0.39 is 8.32 Å². The van der Waals surface area contributed by atoms with E-state index in [4.69, 9.17) is 4.43 Å². The lowest BCUT2D eigenvalue weighted by atomic mass is 9.71. The van der Waals surface area contributed by atoms with E-state index in [-0.39, 0.29) is 16.6 Å². The highest BCUT2D eigenvalue weighted by atomic mass is 28.4. The maximum atomic E-state index is 11.4. The Bertz CT molecular complexity index is 386. The molecule has 1 atom stereocenters. The third kappa shape index (κ3) is 3.19. The standard InChI is InChI=1S/C16H30O2Si/c1-12-9-10-14(16(5,6)13(12)11-17)18-19(7,8)15(2,3)4/h11,14H,9-10H2,1-8H3. The van der Waals surface area contributed by atoms with E-state index in [1.54, 1.807) is 0 Å². The van der Waals surface area contributed by atoms with Gasteiger partial charge in [0.05, 0.1) is 6.10 Å². The van der Waals surface area contributed by atoms with Crippen LogP contribution in [0.4, 0.5) is 0 Å². The number of carbonyl (C=O) groups excluding carboxylic acids is 1. The average molecular weight is 283 g/mol. The van der Waals surface area contributed by atoms with Crippen LogP contribution in [0.2, 0.25) is 18.1 Å². The molecular weight excluding hydrogens is 252 g/mol. The lowest BCUT2D eigenvalue weighted by molar-refractivity contribution is -0.106. The molecule has 3 heteroatoms. The summed E-state index contributed by atoms with van der Waals surface area (Å²) in [6.07, 6.45) is 3.22. The van der Waals surface area contributed by atoms with Crippen molar-refractivity contribution in [3.8, 4) is 0 Å². The summed E-state index contributed by atoms with van der Waals surface area (Å²) in [5, 5.41) is 0.209. The molecule has 0 radical (unpaired) electrons. The van der Waals surface area contributed by atoms with Gasteiger partial charge in [-0.1, -0.05) is 40.2 Å². The lowest BCUT2D eigenvalue weighted by Gasteiger charge is -2.46. The molecule has 110 valence electrons. The lowest BCUT2D eigenvalue weighted by Crippen LogP contribution is -2.49. The summed E-state index contributed by atoms with van der Waals surface area (Å²) in [6.45, 7) is 17.7. The highest BCUT2D eigenvalue weighted by Crippen LogP contribution is 2.45. The van der Waals surface area contributed by atoms with E-state index in [2.05, 4.69) is 54.6 Å². The number of rotatable bonds is 3. The molecule has 0 aliphatic heterocycles. The molecule has 0 saturated heterocycles. The van der Waals surface area contributed by atoms with Gasteiger partial charge in [0.25, 0.3) is 0 Å². The van der Waals surface area contributed by atoms with E-state index in [0.717, 1.165) is 24.7 Å². The zero-order valence-corrected chi connectivity index (χ0v) is 14.9. The van der Waals surface area contributed by atoms with E-state index in [0.29, 0.717) is 0 Å². The van der Waals surface area contributed by atoms with Crippen molar-refractivity contribution in [2.75, 3.05) is 0 Å². The Kier molecular flexibility index (Phi) is 4.53. The molecule has 1 rings (SSSR count). The van der Waals surface area contributed by atoms with Gasteiger partial charge >= 0.3 is 0 Å². The second-order valence-electron chi connectivity index (χ2n) is 7.94. The SMILES string of the molecule is CC1=C(C=O)C(C)(C)C(O[Si](C)(C)C(C)(C)C)CC1. The van der Waals surface area contributed by atoms with Gasteiger partial charge in [0.2, 0.25) is 0 Å². The number of hydrogen-bond donors (Lipinski definition) is 0. The third-order valence-electron chi connectivity index (χ3n) is 5.10. The summed E-state index contributed by atoms with van der Waals surface area (Å²) in [6, 6.07) is 0. The van der Waals surface area contributed by atoms with E-state index >= 15 is 0 Å². The molecule has 0 saturated carbocycles. The van der Waals surface area contributed by atoms with Crippen LogP contribution in [0.5, 0.6) is 0 Å². The van der Waals surface area contributed by atoms with Crippen molar-refractivity contribution < 1.29 is 9.22 Å². The molecule has 0 aromatic carbocycles. The Balaban J connectivity index is 3.03. The molecule has 0 aromatic heterocycles. The summed E-state index contributed by atoms with van der Waals surface area (Å²) in [5.74, 6) is 0. The van der Waals surface area contributed by atoms with Gasteiger partial charge in [-0.25, -0.2) is 0 Å². The van der Waals surface area contributed by atoms with Crippen molar-refractivity contribution in [1.29, 1.82) is 0 Å². The summed E-state index contributed by atoms with van der Waals surface area (Å²) in [5.41, 5.74) is 2.01. The van der Waals surface area contributed by atoms with Crippen LogP contribution in [0.25, 0.3) is 0 Å². The first kappa shape index (κ1) is 16.6. The van der Waals surface area contributed by atoms with Gasteiger partial charge in [-0.05, 0) is 43.5 Å². The number of hydrogen-bond acceptors (Lipinski definition) is 2. The van der Waals surface area contributed by atoms with Crippen molar-refractivity contribution in [1.82, 2.24) is 0 Å². The number of carbonyl (C=O) groups is 1. The van der Waals surface area contributed by atoms with Crippen molar-refractivity contribution in [3.63, 3.8) is 0 Å². The van der Waals surface area contributed by atoms with Crippen LogP contribution in [0.1, 0.15) is 54.4 Å². The highest BCUT2D eigenvalue weighted by molar-refractivity contribution is 6.74. The van der Waals surface area contributed by atoms with Gasteiger partial charge in [0.1, 0.15) is 6.29 Å². The van der Waals surface area contributed by atoms with Crippen LogP contribution in [-0.2, 0) is 9.22 Å². The molecule has 1 unspecified atom stereocenters. The molecule has 0 heterocycles. The Morgan fingerprint density at radius 2 is 1.84 bits per heavy atom. The van der Waals surface area contributed by atoms with Gasteiger partial charge in [-0.3, -0.25) is 4.79 Å². The topological polar surface area (TPSA) is 26.3 Å². The Labute approximate surface area is 119 Å². The van der Waals surface area contributed by atoms with Crippen LogP contribution in [0.15, 0.2) is 11.1 Å². The summed E-state index contributed by atoms with van der Waals surface area (Å²) < 4.78 is 6.58. The fourth-order valence-electron chi connectivity index (χ4n) is 2.56. The molecule has 2 nitrogen and oxygen atoms in total. The number of aldehydes is 1. The van der Waals surface area contributed by atoms with Crippen molar-refractivity contribution in [3.05, 3.63) is 11.1 Å². The Morgan fingerprint density at radius 3 is 2.26 bits per heavy atom. The first-order valence-corrected chi connectivity index (χ1v) is 10.2. The zero-order valence-electron chi connectivity index (χ0n) is 13.9. The molecule has 1 aliphatic rings. The van der Waals surface area contributed by atoms with Crippen molar-refractivity contribution in [2.45, 2.75) is 78.6 Å². The molecule has 0 aromatic rings. The van der Waals surface area contributed by atoms with Crippen LogP contribution >= 0.6 is 0 Å². The first-order chi connectivity index (χ1) is 8.43. The maximum Gasteiger partial charge on any atom is 0.192 e.